The molecule has 0 bridgehead atoms. The summed E-state index contributed by atoms with van der Waals surface area (Å²) in [7, 11) is 0. The number of pyridine rings is 1. The van der Waals surface area contributed by atoms with E-state index >= 15 is 0 Å². The Morgan fingerprint density at radius 1 is 1.24 bits per heavy atom. The lowest BCUT2D eigenvalue weighted by atomic mass is 10.1. The number of ether oxygens (including phenoxy) is 1. The third-order valence-corrected chi connectivity index (χ3v) is 2.16. The van der Waals surface area contributed by atoms with Crippen LogP contribution in [0.2, 0.25) is 0 Å². The largest absolute Gasteiger partial charge is 0.439 e. The van der Waals surface area contributed by atoms with Crippen molar-refractivity contribution >= 4 is 0 Å². The first-order chi connectivity index (χ1) is 8.29. The van der Waals surface area contributed by atoms with Crippen LogP contribution in [-0.4, -0.2) is 10.1 Å². The molecule has 1 aromatic carbocycles. The molecule has 0 aliphatic rings. The van der Waals surface area contributed by atoms with Crippen molar-refractivity contribution < 1.29 is 9.84 Å². The molecule has 17 heavy (non-hydrogen) atoms. The maximum atomic E-state index is 9.39. The lowest BCUT2D eigenvalue weighted by Gasteiger charge is -2.07. The summed E-state index contributed by atoms with van der Waals surface area (Å²) in [5, 5.41) is 18.0. The SMILES string of the molecule is N#CC(O)c1cccc(Oc2ccccn2)c1. The van der Waals surface area contributed by atoms with Gasteiger partial charge in [-0.15, -0.1) is 0 Å². The van der Waals surface area contributed by atoms with Gasteiger partial charge < -0.3 is 9.84 Å². The lowest BCUT2D eigenvalue weighted by Crippen LogP contribution is -1.94. The number of hydrogen-bond donors (Lipinski definition) is 1. The first kappa shape index (κ1) is 11.1. The van der Waals surface area contributed by atoms with Crippen LogP contribution in [0.4, 0.5) is 0 Å². The summed E-state index contributed by atoms with van der Waals surface area (Å²) >= 11 is 0. The molecule has 1 atom stereocenters. The summed E-state index contributed by atoms with van der Waals surface area (Å²) < 4.78 is 5.48. The van der Waals surface area contributed by atoms with E-state index in [4.69, 9.17) is 10.00 Å². The van der Waals surface area contributed by atoms with E-state index in [1.165, 1.54) is 0 Å². The van der Waals surface area contributed by atoms with Crippen LogP contribution >= 0.6 is 0 Å². The van der Waals surface area contributed by atoms with Gasteiger partial charge in [0, 0.05) is 12.3 Å². The molecule has 0 spiro atoms. The van der Waals surface area contributed by atoms with Crippen LogP contribution in [0.5, 0.6) is 11.6 Å². The fourth-order valence-electron chi connectivity index (χ4n) is 1.35. The van der Waals surface area contributed by atoms with Gasteiger partial charge in [-0.2, -0.15) is 5.26 Å². The first-order valence-corrected chi connectivity index (χ1v) is 5.06. The van der Waals surface area contributed by atoms with Crippen molar-refractivity contribution in [1.29, 1.82) is 5.26 Å². The minimum Gasteiger partial charge on any atom is -0.439 e. The van der Waals surface area contributed by atoms with Gasteiger partial charge in [-0.1, -0.05) is 18.2 Å². The molecule has 1 N–H and O–H groups in total. The molecular weight excluding hydrogens is 216 g/mol. The zero-order valence-corrected chi connectivity index (χ0v) is 8.95. The van der Waals surface area contributed by atoms with E-state index < -0.39 is 6.10 Å². The van der Waals surface area contributed by atoms with Crippen LogP contribution < -0.4 is 4.74 Å². The molecule has 0 aliphatic heterocycles. The number of aliphatic hydroxyl groups is 1. The summed E-state index contributed by atoms with van der Waals surface area (Å²) in [4.78, 5) is 4.02. The maximum Gasteiger partial charge on any atom is 0.219 e. The number of benzene rings is 1. The van der Waals surface area contributed by atoms with E-state index in [-0.39, 0.29) is 0 Å². The van der Waals surface area contributed by atoms with Gasteiger partial charge in [0.25, 0.3) is 0 Å². The Labute approximate surface area is 98.7 Å². The Bertz CT molecular complexity index is 535. The minimum atomic E-state index is -1.14. The molecule has 2 rings (SSSR count). The molecule has 2 aromatic rings. The first-order valence-electron chi connectivity index (χ1n) is 5.06. The topological polar surface area (TPSA) is 66.1 Å². The Kier molecular flexibility index (Phi) is 3.34. The zero-order chi connectivity index (χ0) is 12.1. The van der Waals surface area contributed by atoms with E-state index in [2.05, 4.69) is 4.98 Å². The van der Waals surface area contributed by atoms with E-state index in [0.29, 0.717) is 17.2 Å². The average Bonchev–Trinajstić information content (AvgIpc) is 2.39. The van der Waals surface area contributed by atoms with Crippen molar-refractivity contribution in [1.82, 2.24) is 4.98 Å². The zero-order valence-electron chi connectivity index (χ0n) is 8.95. The van der Waals surface area contributed by atoms with Crippen molar-refractivity contribution in [3.8, 4) is 17.7 Å². The Morgan fingerprint density at radius 2 is 2.12 bits per heavy atom. The van der Waals surface area contributed by atoms with Gasteiger partial charge in [0.05, 0.1) is 6.07 Å². The molecule has 4 nitrogen and oxygen atoms in total. The fraction of sp³-hybridized carbons (Fsp3) is 0.0769. The minimum absolute atomic E-state index is 0.469. The third-order valence-electron chi connectivity index (χ3n) is 2.16. The van der Waals surface area contributed by atoms with Gasteiger partial charge in [0.1, 0.15) is 5.75 Å². The number of nitrogens with zero attached hydrogens (tertiary/aromatic N) is 2. The highest BCUT2D eigenvalue weighted by molar-refractivity contribution is 5.34. The predicted octanol–water partition coefficient (Wildman–Crippen LogP) is 2.43. The molecule has 0 saturated carbocycles. The highest BCUT2D eigenvalue weighted by Crippen LogP contribution is 2.22. The molecule has 84 valence electrons. The summed E-state index contributed by atoms with van der Waals surface area (Å²) in [6, 6.07) is 13.8. The summed E-state index contributed by atoms with van der Waals surface area (Å²) in [5.41, 5.74) is 0.501. The average molecular weight is 226 g/mol. The third kappa shape index (κ3) is 2.80. The molecule has 0 aliphatic carbocycles. The van der Waals surface area contributed by atoms with Crippen LogP contribution in [-0.2, 0) is 0 Å². The normalized spacial score (nSPS) is 11.5. The maximum absolute atomic E-state index is 9.39. The lowest BCUT2D eigenvalue weighted by molar-refractivity contribution is 0.235. The number of aliphatic hydroxyl groups excluding tert-OH is 1. The van der Waals surface area contributed by atoms with E-state index in [1.54, 1.807) is 48.7 Å². The molecule has 0 fully saturated rings. The van der Waals surface area contributed by atoms with Crippen LogP contribution in [0.25, 0.3) is 0 Å². The fourth-order valence-corrected chi connectivity index (χ4v) is 1.35. The van der Waals surface area contributed by atoms with Crippen molar-refractivity contribution in [2.75, 3.05) is 0 Å². The highest BCUT2D eigenvalue weighted by Gasteiger charge is 2.06. The smallest absolute Gasteiger partial charge is 0.219 e. The molecule has 0 saturated heterocycles. The van der Waals surface area contributed by atoms with Crippen LogP contribution in [0.1, 0.15) is 11.7 Å². The Balaban J connectivity index is 2.20. The standard InChI is InChI=1S/C13H10N2O2/c14-9-12(16)10-4-3-5-11(8-10)17-13-6-1-2-7-15-13/h1-8,12,16H. The number of hydrogen-bond acceptors (Lipinski definition) is 4. The van der Waals surface area contributed by atoms with Crippen molar-refractivity contribution in [3.63, 3.8) is 0 Å². The number of nitriles is 1. The summed E-state index contributed by atoms with van der Waals surface area (Å²) in [6.07, 6.45) is 0.492. The van der Waals surface area contributed by atoms with E-state index in [1.807, 2.05) is 6.07 Å². The second-order valence-electron chi connectivity index (χ2n) is 3.37. The van der Waals surface area contributed by atoms with Gasteiger partial charge in [0.2, 0.25) is 5.88 Å². The molecular formula is C13H10N2O2. The molecule has 0 amide bonds. The quantitative estimate of drug-likeness (QED) is 0.816. The van der Waals surface area contributed by atoms with Gasteiger partial charge in [-0.05, 0) is 23.8 Å². The molecule has 1 aromatic heterocycles. The Hall–Kier alpha value is -2.38. The van der Waals surface area contributed by atoms with Crippen molar-refractivity contribution in [3.05, 3.63) is 54.2 Å². The number of aromatic nitrogens is 1. The van der Waals surface area contributed by atoms with Crippen LogP contribution in [0, 0.1) is 11.3 Å². The van der Waals surface area contributed by atoms with Crippen LogP contribution in [0.15, 0.2) is 48.7 Å². The molecule has 1 heterocycles. The van der Waals surface area contributed by atoms with Gasteiger partial charge >= 0.3 is 0 Å². The highest BCUT2D eigenvalue weighted by atomic mass is 16.5. The van der Waals surface area contributed by atoms with Crippen LogP contribution in [0.3, 0.4) is 0 Å². The monoisotopic (exact) mass is 226 g/mol. The second kappa shape index (κ2) is 5.10. The van der Waals surface area contributed by atoms with Gasteiger partial charge in [-0.3, -0.25) is 0 Å². The van der Waals surface area contributed by atoms with E-state index in [0.717, 1.165) is 0 Å². The summed E-state index contributed by atoms with van der Waals surface area (Å²) in [5.74, 6) is 1.01. The Morgan fingerprint density at radius 3 is 2.82 bits per heavy atom. The molecule has 1 unspecified atom stereocenters. The van der Waals surface area contributed by atoms with E-state index in [9.17, 15) is 5.11 Å². The van der Waals surface area contributed by atoms with Gasteiger partial charge in [0.15, 0.2) is 6.10 Å². The van der Waals surface area contributed by atoms with Crippen molar-refractivity contribution in [2.45, 2.75) is 6.10 Å². The molecule has 4 heteroatoms. The predicted molar refractivity (Wildman–Crippen MR) is 61.3 cm³/mol. The number of rotatable bonds is 3. The van der Waals surface area contributed by atoms with Gasteiger partial charge in [-0.25, -0.2) is 4.98 Å². The molecule has 0 radical (unpaired) electrons. The van der Waals surface area contributed by atoms with Crippen molar-refractivity contribution in [2.24, 2.45) is 0 Å². The second-order valence-corrected chi connectivity index (χ2v) is 3.37. The summed E-state index contributed by atoms with van der Waals surface area (Å²) in [6.45, 7) is 0.